The standard InChI is InChI=1S/C25H36N6O4/c1-27-22(32)20-21(28-16-18-3-10-25(11-4-18)8-2-9-25)29-19(15-26)30-23(20)35-14-7-17-5-12-31(13-6-17)24(33)34/h17-18H,2-14,16H2,1H3,(H,27,32)(H,33,34)(H,28,29,30). The van der Waals surface area contributed by atoms with Gasteiger partial charge in [-0.2, -0.15) is 10.2 Å². The summed E-state index contributed by atoms with van der Waals surface area (Å²) in [5.74, 6) is 0.901. The summed E-state index contributed by atoms with van der Waals surface area (Å²) in [6, 6.07) is 1.98. The van der Waals surface area contributed by atoms with Crippen molar-refractivity contribution in [3.63, 3.8) is 0 Å². The molecule has 0 atom stereocenters. The monoisotopic (exact) mass is 484 g/mol. The van der Waals surface area contributed by atoms with Crippen LogP contribution in [0, 0.1) is 28.6 Å². The van der Waals surface area contributed by atoms with E-state index in [4.69, 9.17) is 9.84 Å². The molecule has 190 valence electrons. The number of amides is 2. The van der Waals surface area contributed by atoms with Gasteiger partial charge in [0, 0.05) is 26.7 Å². The topological polar surface area (TPSA) is 140 Å². The van der Waals surface area contributed by atoms with Gasteiger partial charge in [0.05, 0.1) is 6.61 Å². The summed E-state index contributed by atoms with van der Waals surface area (Å²) in [7, 11) is 1.55. The first kappa shape index (κ1) is 25.0. The van der Waals surface area contributed by atoms with E-state index < -0.39 is 6.09 Å². The fourth-order valence-corrected chi connectivity index (χ4v) is 5.70. The normalized spacial score (nSPS) is 20.1. The highest BCUT2D eigenvalue weighted by Gasteiger charge is 2.39. The third-order valence-corrected chi connectivity index (χ3v) is 8.22. The Balaban J connectivity index is 1.39. The molecule has 0 bridgehead atoms. The minimum atomic E-state index is -0.879. The lowest BCUT2D eigenvalue weighted by Gasteiger charge is -2.47. The van der Waals surface area contributed by atoms with Gasteiger partial charge in [-0.05, 0) is 75.0 Å². The molecule has 10 nitrogen and oxygen atoms in total. The van der Waals surface area contributed by atoms with E-state index in [1.165, 1.54) is 49.8 Å². The first-order chi connectivity index (χ1) is 16.9. The number of ether oxygens (including phenoxy) is 1. The summed E-state index contributed by atoms with van der Waals surface area (Å²) in [4.78, 5) is 33.8. The molecule has 3 aliphatic rings. The van der Waals surface area contributed by atoms with Crippen molar-refractivity contribution in [2.75, 3.05) is 38.6 Å². The van der Waals surface area contributed by atoms with Crippen LogP contribution in [0.4, 0.5) is 10.6 Å². The van der Waals surface area contributed by atoms with Crippen LogP contribution in [-0.4, -0.2) is 65.3 Å². The highest BCUT2D eigenvalue weighted by molar-refractivity contribution is 6.00. The second-order valence-electron chi connectivity index (χ2n) is 10.3. The van der Waals surface area contributed by atoms with Gasteiger partial charge in [-0.15, -0.1) is 0 Å². The molecule has 0 unspecified atom stereocenters. The van der Waals surface area contributed by atoms with Gasteiger partial charge in [0.2, 0.25) is 11.7 Å². The Morgan fingerprint density at radius 1 is 1.14 bits per heavy atom. The molecule has 2 amide bonds. The molecule has 1 spiro atoms. The van der Waals surface area contributed by atoms with Crippen LogP contribution >= 0.6 is 0 Å². The molecule has 0 aromatic carbocycles. The number of nitrogens with one attached hydrogen (secondary N) is 2. The number of nitriles is 1. The Kier molecular flexibility index (Phi) is 7.93. The first-order valence-electron chi connectivity index (χ1n) is 12.8. The summed E-state index contributed by atoms with van der Waals surface area (Å²) in [6.07, 6.45) is 10.4. The Bertz CT molecular complexity index is 955. The predicted octanol–water partition coefficient (Wildman–Crippen LogP) is 3.64. The minimum Gasteiger partial charge on any atom is -0.477 e. The van der Waals surface area contributed by atoms with Gasteiger partial charge in [0.25, 0.3) is 5.91 Å². The number of hydrogen-bond acceptors (Lipinski definition) is 7. The maximum Gasteiger partial charge on any atom is 0.407 e. The van der Waals surface area contributed by atoms with Crippen molar-refractivity contribution in [2.24, 2.45) is 17.3 Å². The van der Waals surface area contributed by atoms with E-state index >= 15 is 0 Å². The van der Waals surface area contributed by atoms with Crippen LogP contribution < -0.4 is 15.4 Å². The maximum absolute atomic E-state index is 12.7. The SMILES string of the molecule is CNC(=O)c1c(NCC2CCC3(CCC3)CC2)nc(C#N)nc1OCCC1CCN(C(=O)O)CC1. The molecule has 0 radical (unpaired) electrons. The van der Waals surface area contributed by atoms with Gasteiger partial charge < -0.3 is 25.4 Å². The molecule has 10 heteroatoms. The zero-order valence-electron chi connectivity index (χ0n) is 20.5. The third-order valence-electron chi connectivity index (χ3n) is 8.22. The van der Waals surface area contributed by atoms with E-state index in [1.807, 2.05) is 6.07 Å². The molecule has 2 saturated carbocycles. The highest BCUT2D eigenvalue weighted by Crippen LogP contribution is 2.52. The molecule has 1 aromatic heterocycles. The maximum atomic E-state index is 12.7. The number of aromatic nitrogens is 2. The third kappa shape index (κ3) is 5.95. The molecular formula is C25H36N6O4. The van der Waals surface area contributed by atoms with Gasteiger partial charge >= 0.3 is 6.09 Å². The molecule has 2 heterocycles. The van der Waals surface area contributed by atoms with Crippen molar-refractivity contribution >= 4 is 17.8 Å². The first-order valence-corrected chi connectivity index (χ1v) is 12.8. The molecule has 1 aliphatic heterocycles. The summed E-state index contributed by atoms with van der Waals surface area (Å²) < 4.78 is 5.93. The Labute approximate surface area is 206 Å². The smallest absolute Gasteiger partial charge is 0.407 e. The van der Waals surface area contributed by atoms with E-state index in [9.17, 15) is 14.9 Å². The number of rotatable bonds is 8. The van der Waals surface area contributed by atoms with Crippen molar-refractivity contribution < 1.29 is 19.4 Å². The number of nitrogens with zero attached hydrogens (tertiary/aromatic N) is 4. The number of anilines is 1. The molecule has 2 aliphatic carbocycles. The molecule has 1 saturated heterocycles. The van der Waals surface area contributed by atoms with Crippen LogP contribution in [-0.2, 0) is 0 Å². The number of carboxylic acid groups (broad SMARTS) is 1. The second-order valence-corrected chi connectivity index (χ2v) is 10.3. The Morgan fingerprint density at radius 3 is 2.43 bits per heavy atom. The summed E-state index contributed by atoms with van der Waals surface area (Å²) >= 11 is 0. The average molecular weight is 485 g/mol. The lowest BCUT2D eigenvalue weighted by Crippen LogP contribution is -2.37. The molecule has 3 fully saturated rings. The van der Waals surface area contributed by atoms with E-state index in [2.05, 4.69) is 20.6 Å². The molecule has 3 N–H and O–H groups in total. The Morgan fingerprint density at radius 2 is 1.86 bits per heavy atom. The predicted molar refractivity (Wildman–Crippen MR) is 129 cm³/mol. The van der Waals surface area contributed by atoms with Crippen molar-refractivity contribution in [1.82, 2.24) is 20.2 Å². The molecule has 4 rings (SSSR count). The van der Waals surface area contributed by atoms with Crippen LogP contribution in [0.15, 0.2) is 0 Å². The van der Waals surface area contributed by atoms with Gasteiger partial charge in [0.1, 0.15) is 17.5 Å². The number of carbonyl (C=O) groups excluding carboxylic acids is 1. The van der Waals surface area contributed by atoms with E-state index in [-0.39, 0.29) is 23.2 Å². The van der Waals surface area contributed by atoms with Crippen LogP contribution in [0.5, 0.6) is 5.88 Å². The van der Waals surface area contributed by atoms with E-state index in [0.29, 0.717) is 49.3 Å². The zero-order valence-corrected chi connectivity index (χ0v) is 20.5. The fraction of sp³-hybridized carbons (Fsp3) is 0.720. The van der Waals surface area contributed by atoms with Crippen molar-refractivity contribution in [3.05, 3.63) is 11.4 Å². The van der Waals surface area contributed by atoms with Crippen molar-refractivity contribution in [3.8, 4) is 11.9 Å². The number of hydrogen-bond donors (Lipinski definition) is 3. The average Bonchev–Trinajstić information content (AvgIpc) is 2.86. The van der Waals surface area contributed by atoms with Gasteiger partial charge in [-0.25, -0.2) is 9.78 Å². The minimum absolute atomic E-state index is 0.0398. The van der Waals surface area contributed by atoms with Gasteiger partial charge in [-0.1, -0.05) is 6.42 Å². The second kappa shape index (κ2) is 11.1. The largest absolute Gasteiger partial charge is 0.477 e. The molecule has 1 aromatic rings. The molecular weight excluding hydrogens is 448 g/mol. The fourth-order valence-electron chi connectivity index (χ4n) is 5.70. The highest BCUT2D eigenvalue weighted by atomic mass is 16.5. The summed E-state index contributed by atoms with van der Waals surface area (Å²) in [5, 5.41) is 24.5. The van der Waals surface area contributed by atoms with Gasteiger partial charge in [-0.3, -0.25) is 4.79 Å². The summed E-state index contributed by atoms with van der Waals surface area (Å²) in [5.41, 5.74) is 0.816. The number of piperidine rings is 1. The van der Waals surface area contributed by atoms with Gasteiger partial charge in [0.15, 0.2) is 0 Å². The van der Waals surface area contributed by atoms with Crippen LogP contribution in [0.1, 0.15) is 80.4 Å². The quantitative estimate of drug-likeness (QED) is 0.508. The lowest BCUT2D eigenvalue weighted by atomic mass is 9.59. The van der Waals surface area contributed by atoms with E-state index in [1.54, 1.807) is 7.05 Å². The Hall–Kier alpha value is -3.09. The zero-order chi connectivity index (χ0) is 24.8. The molecule has 35 heavy (non-hydrogen) atoms. The summed E-state index contributed by atoms with van der Waals surface area (Å²) in [6.45, 7) is 2.06. The van der Waals surface area contributed by atoms with Crippen LogP contribution in [0.3, 0.4) is 0 Å². The van der Waals surface area contributed by atoms with Crippen molar-refractivity contribution in [1.29, 1.82) is 5.26 Å². The van der Waals surface area contributed by atoms with Crippen molar-refractivity contribution in [2.45, 2.75) is 64.2 Å². The van der Waals surface area contributed by atoms with Crippen LogP contribution in [0.25, 0.3) is 0 Å². The number of likely N-dealkylation sites (tertiary alicyclic amines) is 1. The van der Waals surface area contributed by atoms with Crippen LogP contribution in [0.2, 0.25) is 0 Å². The lowest BCUT2D eigenvalue weighted by molar-refractivity contribution is 0.0581. The van der Waals surface area contributed by atoms with E-state index in [0.717, 1.165) is 19.3 Å². The number of carbonyl (C=O) groups is 2.